The van der Waals surface area contributed by atoms with Gasteiger partial charge < -0.3 is 15.8 Å². The van der Waals surface area contributed by atoms with Crippen LogP contribution in [0.25, 0.3) is 22.5 Å². The van der Waals surface area contributed by atoms with Crippen LogP contribution >= 0.6 is 0 Å². The summed E-state index contributed by atoms with van der Waals surface area (Å²) in [6.45, 7) is 5.53. The second kappa shape index (κ2) is 7.98. The van der Waals surface area contributed by atoms with E-state index in [1.807, 2.05) is 31.6 Å². The summed E-state index contributed by atoms with van der Waals surface area (Å²) in [5, 5.41) is 7.24. The van der Waals surface area contributed by atoms with Gasteiger partial charge in [-0.3, -0.25) is 4.68 Å². The largest absolute Gasteiger partial charge is 0.493 e. The molecule has 29 heavy (non-hydrogen) atoms. The molecule has 0 aliphatic rings. The van der Waals surface area contributed by atoms with Crippen molar-refractivity contribution in [3.05, 3.63) is 30.7 Å². The Balaban J connectivity index is 2.11. The molecule has 0 aliphatic carbocycles. The third-order valence-corrected chi connectivity index (χ3v) is 4.12. The molecule has 10 heteroatoms. The van der Waals surface area contributed by atoms with Gasteiger partial charge in [0.05, 0.1) is 24.9 Å². The van der Waals surface area contributed by atoms with Crippen molar-refractivity contribution in [1.29, 1.82) is 0 Å². The molecule has 0 amide bonds. The highest BCUT2D eigenvalue weighted by molar-refractivity contribution is 5.79. The van der Waals surface area contributed by atoms with Crippen LogP contribution in [0.4, 0.5) is 20.5 Å². The van der Waals surface area contributed by atoms with E-state index in [0.717, 1.165) is 0 Å². The number of nitrogen functional groups attached to an aromatic ring is 1. The summed E-state index contributed by atoms with van der Waals surface area (Å²) in [6.07, 6.45) is 2.47. The molecule has 0 bridgehead atoms. The Hall–Kier alpha value is -3.30. The van der Waals surface area contributed by atoms with E-state index in [9.17, 15) is 8.78 Å². The smallest absolute Gasteiger partial charge is 0.255 e. The van der Waals surface area contributed by atoms with Gasteiger partial charge in [0.1, 0.15) is 5.69 Å². The van der Waals surface area contributed by atoms with E-state index in [0.29, 0.717) is 28.3 Å². The van der Waals surface area contributed by atoms with Crippen molar-refractivity contribution in [3.8, 4) is 28.3 Å². The molecule has 3 N–H and O–H groups in total. The summed E-state index contributed by atoms with van der Waals surface area (Å²) < 4.78 is 32.1. The molecule has 8 nitrogen and oxygen atoms in total. The lowest BCUT2D eigenvalue weighted by Gasteiger charge is -2.18. The van der Waals surface area contributed by atoms with Crippen molar-refractivity contribution in [2.24, 2.45) is 0 Å². The maximum absolute atomic E-state index is 12.5. The van der Waals surface area contributed by atoms with Gasteiger partial charge in [-0.2, -0.15) is 5.10 Å². The number of halogens is 2. The van der Waals surface area contributed by atoms with Crippen LogP contribution in [0.15, 0.2) is 30.7 Å². The lowest BCUT2D eigenvalue weighted by atomic mass is 10.1. The van der Waals surface area contributed by atoms with Crippen LogP contribution in [0.2, 0.25) is 0 Å². The standard InChI is InChI=1S/C19H23F2N7O/c1-19(2,3)28-10-12(13-5-6-23-18(26-13)25-9-15(20)21)16(27-28)11-7-14(29-4)17(22)24-8-11/h5-8,10,15H,9H2,1-4H3,(H2,22,24)(H,23,25,26). The molecule has 0 saturated carbocycles. The van der Waals surface area contributed by atoms with E-state index < -0.39 is 13.0 Å². The van der Waals surface area contributed by atoms with Gasteiger partial charge in [-0.1, -0.05) is 0 Å². The molecule has 0 aromatic carbocycles. The molecule has 154 valence electrons. The molecule has 0 aliphatic heterocycles. The van der Waals surface area contributed by atoms with Gasteiger partial charge in [-0.15, -0.1) is 0 Å². The topological polar surface area (TPSA) is 104 Å². The summed E-state index contributed by atoms with van der Waals surface area (Å²) in [7, 11) is 1.51. The van der Waals surface area contributed by atoms with Crippen LogP contribution in [-0.4, -0.2) is 44.8 Å². The van der Waals surface area contributed by atoms with Crippen LogP contribution in [0.5, 0.6) is 5.75 Å². The molecule has 0 spiro atoms. The van der Waals surface area contributed by atoms with Gasteiger partial charge >= 0.3 is 0 Å². The van der Waals surface area contributed by atoms with Crippen molar-refractivity contribution in [3.63, 3.8) is 0 Å². The van der Waals surface area contributed by atoms with Crippen LogP contribution in [0.1, 0.15) is 20.8 Å². The minimum Gasteiger partial charge on any atom is -0.493 e. The Bertz CT molecular complexity index is 998. The number of rotatable bonds is 6. The Morgan fingerprint density at radius 1 is 1.28 bits per heavy atom. The highest BCUT2D eigenvalue weighted by Crippen LogP contribution is 2.34. The number of nitrogens with zero attached hydrogens (tertiary/aromatic N) is 5. The molecular weight excluding hydrogens is 380 g/mol. The van der Waals surface area contributed by atoms with Crippen molar-refractivity contribution in [2.75, 3.05) is 24.7 Å². The number of nitrogens with two attached hydrogens (primary N) is 1. The zero-order valence-corrected chi connectivity index (χ0v) is 16.6. The maximum atomic E-state index is 12.5. The number of ether oxygens (including phenoxy) is 1. The zero-order valence-electron chi connectivity index (χ0n) is 16.6. The van der Waals surface area contributed by atoms with Gasteiger partial charge in [0.15, 0.2) is 11.6 Å². The van der Waals surface area contributed by atoms with Crippen molar-refractivity contribution in [1.82, 2.24) is 24.7 Å². The number of anilines is 2. The van der Waals surface area contributed by atoms with Crippen LogP contribution in [0, 0.1) is 0 Å². The SMILES string of the molecule is COc1cc(-c2nn(C(C)(C)C)cc2-c2ccnc(NCC(F)F)n2)cnc1N. The van der Waals surface area contributed by atoms with Crippen LogP contribution in [0.3, 0.4) is 0 Å². The Kier molecular flexibility index (Phi) is 5.62. The second-order valence-corrected chi connectivity index (χ2v) is 7.36. The summed E-state index contributed by atoms with van der Waals surface area (Å²) in [5.41, 5.74) is 8.09. The van der Waals surface area contributed by atoms with Crippen molar-refractivity contribution >= 4 is 11.8 Å². The molecule has 3 rings (SSSR count). The minimum absolute atomic E-state index is 0.116. The number of methoxy groups -OCH3 is 1. The first-order valence-corrected chi connectivity index (χ1v) is 8.94. The fourth-order valence-electron chi connectivity index (χ4n) is 2.63. The first-order chi connectivity index (χ1) is 13.7. The fourth-order valence-corrected chi connectivity index (χ4v) is 2.63. The quantitative estimate of drug-likeness (QED) is 0.650. The average Bonchev–Trinajstić information content (AvgIpc) is 3.13. The first-order valence-electron chi connectivity index (χ1n) is 8.94. The van der Waals surface area contributed by atoms with Crippen molar-refractivity contribution in [2.45, 2.75) is 32.7 Å². The fraction of sp³-hybridized carbons (Fsp3) is 0.368. The summed E-state index contributed by atoms with van der Waals surface area (Å²) in [5.74, 6) is 0.819. The molecule has 0 radical (unpaired) electrons. The third kappa shape index (κ3) is 4.58. The summed E-state index contributed by atoms with van der Waals surface area (Å²) in [6, 6.07) is 3.45. The molecular formula is C19H23F2N7O. The Morgan fingerprint density at radius 3 is 2.69 bits per heavy atom. The number of hydrogen-bond acceptors (Lipinski definition) is 7. The maximum Gasteiger partial charge on any atom is 0.255 e. The lowest BCUT2D eigenvalue weighted by molar-refractivity contribution is 0.163. The first kappa shape index (κ1) is 20.4. The Morgan fingerprint density at radius 2 is 2.03 bits per heavy atom. The molecule has 0 atom stereocenters. The molecule has 0 unspecified atom stereocenters. The van der Waals surface area contributed by atoms with Gasteiger partial charge in [-0.05, 0) is 32.9 Å². The normalized spacial score (nSPS) is 11.7. The monoisotopic (exact) mass is 403 g/mol. The van der Waals surface area contributed by atoms with E-state index in [2.05, 4.69) is 20.3 Å². The summed E-state index contributed by atoms with van der Waals surface area (Å²) >= 11 is 0. The van der Waals surface area contributed by atoms with E-state index >= 15 is 0 Å². The number of hydrogen-bond donors (Lipinski definition) is 2. The number of nitrogens with one attached hydrogen (secondary N) is 1. The van der Waals surface area contributed by atoms with Gasteiger partial charge in [0.2, 0.25) is 5.95 Å². The summed E-state index contributed by atoms with van der Waals surface area (Å²) in [4.78, 5) is 12.5. The number of pyridine rings is 1. The minimum atomic E-state index is -2.50. The highest BCUT2D eigenvalue weighted by Gasteiger charge is 2.22. The predicted octanol–water partition coefficient (Wildman–Crippen LogP) is 3.42. The molecule has 3 heterocycles. The van der Waals surface area contributed by atoms with Crippen LogP contribution < -0.4 is 15.8 Å². The number of aromatic nitrogens is 5. The predicted molar refractivity (Wildman–Crippen MR) is 107 cm³/mol. The van der Waals surface area contributed by atoms with Gasteiger partial charge in [0.25, 0.3) is 6.43 Å². The highest BCUT2D eigenvalue weighted by atomic mass is 19.3. The van der Waals surface area contributed by atoms with Crippen LogP contribution in [-0.2, 0) is 5.54 Å². The Labute approximate surface area is 167 Å². The molecule has 3 aromatic rings. The van der Waals surface area contributed by atoms with E-state index in [1.165, 1.54) is 13.3 Å². The van der Waals surface area contributed by atoms with E-state index in [-0.39, 0.29) is 17.3 Å². The lowest BCUT2D eigenvalue weighted by Crippen LogP contribution is -2.22. The number of alkyl halides is 2. The molecule has 3 aromatic heterocycles. The van der Waals surface area contributed by atoms with Crippen molar-refractivity contribution < 1.29 is 13.5 Å². The average molecular weight is 403 g/mol. The zero-order chi connectivity index (χ0) is 21.2. The van der Waals surface area contributed by atoms with Gasteiger partial charge in [0, 0.05) is 29.7 Å². The van der Waals surface area contributed by atoms with E-state index in [4.69, 9.17) is 15.6 Å². The molecule has 0 saturated heterocycles. The van der Waals surface area contributed by atoms with E-state index in [1.54, 1.807) is 18.3 Å². The second-order valence-electron chi connectivity index (χ2n) is 7.36. The van der Waals surface area contributed by atoms with Gasteiger partial charge in [-0.25, -0.2) is 23.7 Å². The molecule has 0 fully saturated rings. The third-order valence-electron chi connectivity index (χ3n) is 4.12.